The van der Waals surface area contributed by atoms with E-state index in [-0.39, 0.29) is 18.1 Å². The van der Waals surface area contributed by atoms with E-state index < -0.39 is 11.7 Å². The van der Waals surface area contributed by atoms with Gasteiger partial charge in [-0.25, -0.2) is 9.59 Å². The number of carbonyl (C=O) groups excluding carboxylic acids is 1. The van der Waals surface area contributed by atoms with Crippen molar-refractivity contribution in [3.8, 4) is 0 Å². The number of hydrogen-bond acceptors (Lipinski definition) is 4. The van der Waals surface area contributed by atoms with Gasteiger partial charge in [-0.05, 0) is 61.5 Å². The van der Waals surface area contributed by atoms with Gasteiger partial charge >= 0.3 is 12.2 Å². The third-order valence-electron chi connectivity index (χ3n) is 4.85. The molecule has 2 amide bonds. The van der Waals surface area contributed by atoms with E-state index in [0.29, 0.717) is 25.2 Å². The number of carbonyl (C=O) groups is 2. The molecule has 0 bridgehead atoms. The Morgan fingerprint density at radius 2 is 1.96 bits per heavy atom. The minimum Gasteiger partial charge on any atom is -0.465 e. The van der Waals surface area contributed by atoms with Gasteiger partial charge in [-0.3, -0.25) is 9.88 Å². The molecule has 142 valence electrons. The quantitative estimate of drug-likeness (QED) is 0.737. The molecule has 1 aromatic rings. The SMILES string of the molecule is CC(C)(C)OC(=O)N1CCC(C2Cc3ncc(Br)cc3N2C(=O)O)CC1. The van der Waals surface area contributed by atoms with E-state index in [9.17, 15) is 14.7 Å². The highest BCUT2D eigenvalue weighted by atomic mass is 79.9. The van der Waals surface area contributed by atoms with E-state index in [0.717, 1.165) is 23.0 Å². The van der Waals surface area contributed by atoms with Crippen LogP contribution >= 0.6 is 15.9 Å². The van der Waals surface area contributed by atoms with Gasteiger partial charge in [0.2, 0.25) is 0 Å². The summed E-state index contributed by atoms with van der Waals surface area (Å²) in [6.45, 7) is 6.71. The number of aromatic nitrogens is 1. The Bertz CT molecular complexity index is 711. The van der Waals surface area contributed by atoms with Gasteiger partial charge in [-0.1, -0.05) is 0 Å². The van der Waals surface area contributed by atoms with E-state index in [1.807, 2.05) is 26.8 Å². The minimum atomic E-state index is -0.955. The number of fused-ring (bicyclic) bond motifs is 1. The lowest BCUT2D eigenvalue weighted by Gasteiger charge is -2.37. The molecule has 1 N–H and O–H groups in total. The van der Waals surface area contributed by atoms with Crippen LogP contribution in [0.25, 0.3) is 0 Å². The number of amides is 2. The van der Waals surface area contributed by atoms with Gasteiger partial charge < -0.3 is 14.7 Å². The third kappa shape index (κ3) is 3.95. The molecule has 0 aliphatic carbocycles. The maximum absolute atomic E-state index is 12.2. The van der Waals surface area contributed by atoms with Crippen molar-refractivity contribution >= 4 is 33.8 Å². The average molecular weight is 426 g/mol. The first-order valence-electron chi connectivity index (χ1n) is 8.80. The Hall–Kier alpha value is -1.83. The number of hydrogen-bond donors (Lipinski definition) is 1. The Balaban J connectivity index is 1.68. The van der Waals surface area contributed by atoms with E-state index in [1.54, 1.807) is 11.1 Å². The first kappa shape index (κ1) is 18.9. The number of likely N-dealkylation sites (tertiary alicyclic amines) is 1. The summed E-state index contributed by atoms with van der Waals surface area (Å²) in [5.74, 6) is 0.192. The molecule has 8 heteroatoms. The molecule has 1 fully saturated rings. The lowest BCUT2D eigenvalue weighted by atomic mass is 9.88. The second kappa shape index (κ2) is 7.06. The molecule has 0 saturated carbocycles. The number of anilines is 1. The fourth-order valence-corrected chi connectivity index (χ4v) is 4.03. The number of carboxylic acid groups (broad SMARTS) is 1. The van der Waals surface area contributed by atoms with Gasteiger partial charge in [0.25, 0.3) is 0 Å². The molecule has 2 aliphatic rings. The van der Waals surface area contributed by atoms with Gasteiger partial charge in [0.1, 0.15) is 5.60 Å². The minimum absolute atomic E-state index is 0.134. The van der Waals surface area contributed by atoms with E-state index in [2.05, 4.69) is 20.9 Å². The van der Waals surface area contributed by atoms with Crippen molar-refractivity contribution in [2.24, 2.45) is 5.92 Å². The highest BCUT2D eigenvalue weighted by molar-refractivity contribution is 9.10. The number of piperidine rings is 1. The highest BCUT2D eigenvalue weighted by Crippen LogP contribution is 2.38. The average Bonchev–Trinajstić information content (AvgIpc) is 2.92. The standard InChI is InChI=1S/C18H24BrN3O4/c1-18(2,3)26-17(25)21-6-4-11(5-7-21)14-9-13-15(22(14)16(23)24)8-12(19)10-20-13/h8,10-11,14H,4-7,9H2,1-3H3,(H,23,24). The van der Waals surface area contributed by atoms with E-state index >= 15 is 0 Å². The van der Waals surface area contributed by atoms with Crippen molar-refractivity contribution in [3.63, 3.8) is 0 Å². The number of halogens is 1. The lowest BCUT2D eigenvalue weighted by molar-refractivity contribution is 0.0174. The lowest BCUT2D eigenvalue weighted by Crippen LogP contribution is -2.48. The predicted octanol–water partition coefficient (Wildman–Crippen LogP) is 3.90. The monoisotopic (exact) mass is 425 g/mol. The Morgan fingerprint density at radius 3 is 2.54 bits per heavy atom. The zero-order valence-electron chi connectivity index (χ0n) is 15.2. The molecule has 0 aromatic carbocycles. The van der Waals surface area contributed by atoms with Crippen LogP contribution in [0.4, 0.5) is 15.3 Å². The fourth-order valence-electron chi connectivity index (χ4n) is 3.71. The van der Waals surface area contributed by atoms with Crippen LogP contribution in [0.1, 0.15) is 39.3 Å². The van der Waals surface area contributed by atoms with Crippen molar-refractivity contribution in [1.29, 1.82) is 0 Å². The van der Waals surface area contributed by atoms with Gasteiger partial charge in [0.15, 0.2) is 0 Å². The summed E-state index contributed by atoms with van der Waals surface area (Å²) in [6, 6.07) is 1.68. The zero-order valence-corrected chi connectivity index (χ0v) is 16.8. The molecular weight excluding hydrogens is 402 g/mol. The number of rotatable bonds is 1. The van der Waals surface area contributed by atoms with Crippen LogP contribution in [0, 0.1) is 5.92 Å². The van der Waals surface area contributed by atoms with Crippen LogP contribution < -0.4 is 4.90 Å². The first-order valence-corrected chi connectivity index (χ1v) is 9.59. The van der Waals surface area contributed by atoms with Gasteiger partial charge in [0.05, 0.1) is 11.4 Å². The van der Waals surface area contributed by atoms with Crippen molar-refractivity contribution in [2.45, 2.75) is 51.7 Å². The Labute approximate surface area is 161 Å². The molecule has 3 rings (SSSR count). The summed E-state index contributed by atoms with van der Waals surface area (Å²) in [5, 5.41) is 9.72. The van der Waals surface area contributed by atoms with Crippen molar-refractivity contribution in [2.75, 3.05) is 18.0 Å². The second-order valence-corrected chi connectivity index (χ2v) is 8.76. The summed E-state index contributed by atoms with van der Waals surface area (Å²) < 4.78 is 6.19. The molecular formula is C18H24BrN3O4. The zero-order chi connectivity index (χ0) is 19.1. The van der Waals surface area contributed by atoms with Crippen molar-refractivity contribution in [1.82, 2.24) is 9.88 Å². The molecule has 1 aromatic heterocycles. The van der Waals surface area contributed by atoms with Crippen LogP contribution in [0.15, 0.2) is 16.7 Å². The van der Waals surface area contributed by atoms with Crippen LogP contribution in [-0.2, 0) is 11.2 Å². The second-order valence-electron chi connectivity index (χ2n) is 7.85. The predicted molar refractivity (Wildman–Crippen MR) is 100 cm³/mol. The normalized spacial score (nSPS) is 20.8. The van der Waals surface area contributed by atoms with Crippen LogP contribution in [-0.4, -0.2) is 51.9 Å². The molecule has 0 spiro atoms. The number of ether oxygens (including phenoxy) is 1. The van der Waals surface area contributed by atoms with Crippen LogP contribution in [0.3, 0.4) is 0 Å². The largest absolute Gasteiger partial charge is 0.465 e. The molecule has 1 atom stereocenters. The van der Waals surface area contributed by atoms with Gasteiger partial charge in [-0.15, -0.1) is 0 Å². The summed E-state index contributed by atoms with van der Waals surface area (Å²) in [6.07, 6.45) is 2.57. The van der Waals surface area contributed by atoms with E-state index in [1.165, 1.54) is 4.90 Å². The summed E-state index contributed by atoms with van der Waals surface area (Å²) in [5.41, 5.74) is 0.960. The summed E-state index contributed by atoms with van der Waals surface area (Å²) in [4.78, 5) is 31.6. The maximum atomic E-state index is 12.2. The molecule has 2 aliphatic heterocycles. The molecule has 1 saturated heterocycles. The third-order valence-corrected chi connectivity index (χ3v) is 5.28. The molecule has 7 nitrogen and oxygen atoms in total. The Morgan fingerprint density at radius 1 is 1.31 bits per heavy atom. The maximum Gasteiger partial charge on any atom is 0.412 e. The summed E-state index contributed by atoms with van der Waals surface area (Å²) >= 11 is 3.36. The van der Waals surface area contributed by atoms with Gasteiger partial charge in [-0.2, -0.15) is 0 Å². The molecule has 3 heterocycles. The molecule has 0 radical (unpaired) electrons. The highest BCUT2D eigenvalue weighted by Gasteiger charge is 2.41. The van der Waals surface area contributed by atoms with Gasteiger partial charge in [0, 0.05) is 36.2 Å². The molecule has 26 heavy (non-hydrogen) atoms. The smallest absolute Gasteiger partial charge is 0.412 e. The van der Waals surface area contributed by atoms with Crippen LogP contribution in [0.2, 0.25) is 0 Å². The summed E-state index contributed by atoms with van der Waals surface area (Å²) in [7, 11) is 0. The topological polar surface area (TPSA) is 83.0 Å². The van der Waals surface area contributed by atoms with E-state index in [4.69, 9.17) is 4.74 Å². The number of nitrogens with zero attached hydrogens (tertiary/aromatic N) is 3. The fraction of sp³-hybridized carbons (Fsp3) is 0.611. The Kier molecular flexibility index (Phi) is 5.14. The van der Waals surface area contributed by atoms with Crippen molar-refractivity contribution < 1.29 is 19.4 Å². The van der Waals surface area contributed by atoms with Crippen molar-refractivity contribution in [3.05, 3.63) is 22.4 Å². The van der Waals surface area contributed by atoms with Crippen LogP contribution in [0.5, 0.6) is 0 Å². The number of pyridine rings is 1. The first-order chi connectivity index (χ1) is 12.2. The molecule has 1 unspecified atom stereocenters.